The molecule has 0 fully saturated rings. The Morgan fingerprint density at radius 2 is 1.85 bits per heavy atom. The summed E-state index contributed by atoms with van der Waals surface area (Å²) in [6.07, 6.45) is 1.08. The summed E-state index contributed by atoms with van der Waals surface area (Å²) in [7, 11) is 1.34. The maximum Gasteiger partial charge on any atom is 0.333 e. The van der Waals surface area contributed by atoms with Crippen molar-refractivity contribution in [3.05, 3.63) is 64.7 Å². The molecule has 0 bridgehead atoms. The largest absolute Gasteiger partial charge is 0.493 e. The average molecular weight is 367 g/mol. The van der Waals surface area contributed by atoms with Gasteiger partial charge in [0.2, 0.25) is 5.91 Å². The van der Waals surface area contributed by atoms with Crippen LogP contribution < -0.4 is 10.1 Å². The summed E-state index contributed by atoms with van der Waals surface area (Å²) in [5.41, 5.74) is 3.73. The third-order valence-corrected chi connectivity index (χ3v) is 5.09. The lowest BCUT2D eigenvalue weighted by atomic mass is 9.89. The number of ether oxygens (including phenoxy) is 2. The molecular weight excluding hydrogens is 342 g/mol. The van der Waals surface area contributed by atoms with Crippen LogP contribution in [0.4, 0.5) is 0 Å². The van der Waals surface area contributed by atoms with Crippen molar-refractivity contribution in [1.29, 1.82) is 0 Å². The van der Waals surface area contributed by atoms with Crippen LogP contribution in [0.25, 0.3) is 0 Å². The molecular formula is C22H25NO4. The molecule has 0 saturated heterocycles. The molecule has 1 aliphatic heterocycles. The van der Waals surface area contributed by atoms with Crippen molar-refractivity contribution in [1.82, 2.24) is 5.32 Å². The normalized spacial score (nSPS) is 16.6. The van der Waals surface area contributed by atoms with Crippen LogP contribution in [-0.4, -0.2) is 25.6 Å². The zero-order chi connectivity index (χ0) is 19.4. The van der Waals surface area contributed by atoms with Crippen LogP contribution in [0.3, 0.4) is 0 Å². The standard InChI is InChI=1S/C22H25NO4/c1-14-7-6-8-15(2)20(14)21(22(25)26-3)23-19(24)13-16-11-12-27-18-10-5-4-9-17(16)18/h4-10,16,21H,11-13H2,1-3H3,(H,23,24)/t16-,21+/m0/s1. The number of nitrogens with one attached hydrogen (secondary N) is 1. The van der Waals surface area contributed by atoms with Crippen molar-refractivity contribution in [2.24, 2.45) is 0 Å². The van der Waals surface area contributed by atoms with E-state index < -0.39 is 12.0 Å². The Hall–Kier alpha value is -2.82. The first-order chi connectivity index (χ1) is 13.0. The monoisotopic (exact) mass is 367 g/mol. The van der Waals surface area contributed by atoms with Gasteiger partial charge >= 0.3 is 5.97 Å². The number of rotatable bonds is 5. The van der Waals surface area contributed by atoms with Gasteiger partial charge in [0.05, 0.1) is 13.7 Å². The third kappa shape index (κ3) is 4.13. The molecule has 0 spiro atoms. The summed E-state index contributed by atoms with van der Waals surface area (Å²) < 4.78 is 10.6. The van der Waals surface area contributed by atoms with Crippen molar-refractivity contribution in [2.45, 2.75) is 38.6 Å². The maximum absolute atomic E-state index is 12.8. The molecule has 0 aliphatic carbocycles. The summed E-state index contributed by atoms with van der Waals surface area (Å²) in [5.74, 6) is 0.273. The highest BCUT2D eigenvalue weighted by Crippen LogP contribution is 2.35. The number of esters is 1. The second-order valence-electron chi connectivity index (χ2n) is 6.91. The van der Waals surface area contributed by atoms with E-state index in [0.717, 1.165) is 34.4 Å². The van der Waals surface area contributed by atoms with Crippen LogP contribution in [0.1, 0.15) is 47.1 Å². The Bertz CT molecular complexity index is 826. The van der Waals surface area contributed by atoms with Gasteiger partial charge in [0.1, 0.15) is 5.75 Å². The molecule has 5 heteroatoms. The number of aryl methyl sites for hydroxylation is 2. The highest BCUT2D eigenvalue weighted by atomic mass is 16.5. The van der Waals surface area contributed by atoms with Crippen molar-refractivity contribution in [3.8, 4) is 5.75 Å². The van der Waals surface area contributed by atoms with Gasteiger partial charge in [-0.3, -0.25) is 4.79 Å². The molecule has 0 unspecified atom stereocenters. The van der Waals surface area contributed by atoms with Gasteiger partial charge in [0.15, 0.2) is 6.04 Å². The lowest BCUT2D eigenvalue weighted by molar-refractivity contribution is -0.145. The minimum atomic E-state index is -0.807. The molecule has 0 radical (unpaired) electrons. The van der Waals surface area contributed by atoms with Crippen LogP contribution in [0.15, 0.2) is 42.5 Å². The number of hydrogen-bond donors (Lipinski definition) is 1. The van der Waals surface area contributed by atoms with Gasteiger partial charge < -0.3 is 14.8 Å². The van der Waals surface area contributed by atoms with E-state index in [1.54, 1.807) is 0 Å². The zero-order valence-corrected chi connectivity index (χ0v) is 16.0. The van der Waals surface area contributed by atoms with E-state index in [9.17, 15) is 9.59 Å². The van der Waals surface area contributed by atoms with Crippen molar-refractivity contribution < 1.29 is 19.1 Å². The lowest BCUT2D eigenvalue weighted by Crippen LogP contribution is -2.36. The van der Waals surface area contributed by atoms with Crippen molar-refractivity contribution in [2.75, 3.05) is 13.7 Å². The van der Waals surface area contributed by atoms with Crippen molar-refractivity contribution in [3.63, 3.8) is 0 Å². The molecule has 0 aromatic heterocycles. The minimum Gasteiger partial charge on any atom is -0.493 e. The van der Waals surface area contributed by atoms with Crippen molar-refractivity contribution >= 4 is 11.9 Å². The molecule has 1 amide bonds. The SMILES string of the molecule is COC(=O)[C@H](NC(=O)C[C@@H]1CCOc2ccccc21)c1c(C)cccc1C. The topological polar surface area (TPSA) is 64.6 Å². The molecule has 1 N–H and O–H groups in total. The molecule has 27 heavy (non-hydrogen) atoms. The smallest absolute Gasteiger partial charge is 0.333 e. The molecule has 1 aliphatic rings. The van der Waals surface area contributed by atoms with E-state index in [-0.39, 0.29) is 11.8 Å². The Labute approximate surface area is 159 Å². The number of amides is 1. The van der Waals surface area contributed by atoms with Gasteiger partial charge in [-0.15, -0.1) is 0 Å². The summed E-state index contributed by atoms with van der Waals surface area (Å²) >= 11 is 0. The predicted octanol–water partition coefficient (Wildman–Crippen LogP) is 3.59. The quantitative estimate of drug-likeness (QED) is 0.820. The highest BCUT2D eigenvalue weighted by molar-refractivity contribution is 5.86. The Kier molecular flexibility index (Phi) is 5.79. The number of para-hydroxylation sites is 1. The molecule has 2 atom stereocenters. The summed E-state index contributed by atoms with van der Waals surface area (Å²) in [4.78, 5) is 25.2. The molecule has 0 saturated carbocycles. The number of methoxy groups -OCH3 is 1. The van der Waals surface area contributed by atoms with Gasteiger partial charge in [-0.1, -0.05) is 36.4 Å². The highest BCUT2D eigenvalue weighted by Gasteiger charge is 2.29. The Morgan fingerprint density at radius 3 is 2.56 bits per heavy atom. The average Bonchev–Trinajstić information content (AvgIpc) is 2.66. The number of carbonyl (C=O) groups is 2. The van der Waals surface area contributed by atoms with Crippen LogP contribution in [0.5, 0.6) is 5.75 Å². The molecule has 5 nitrogen and oxygen atoms in total. The fourth-order valence-electron chi connectivity index (χ4n) is 3.72. The minimum absolute atomic E-state index is 0.0752. The Morgan fingerprint density at radius 1 is 1.15 bits per heavy atom. The molecule has 2 aromatic carbocycles. The number of hydrogen-bond acceptors (Lipinski definition) is 4. The maximum atomic E-state index is 12.8. The van der Waals surface area contributed by atoms with Gasteiger partial charge in [0, 0.05) is 6.42 Å². The molecule has 2 aromatic rings. The third-order valence-electron chi connectivity index (χ3n) is 5.09. The van der Waals surface area contributed by atoms with Crippen LogP contribution in [0, 0.1) is 13.8 Å². The number of carbonyl (C=O) groups excluding carboxylic acids is 2. The second kappa shape index (κ2) is 8.25. The first-order valence-electron chi connectivity index (χ1n) is 9.16. The first-order valence-corrected chi connectivity index (χ1v) is 9.16. The van der Waals surface area contributed by atoms with E-state index in [4.69, 9.17) is 9.47 Å². The van der Waals surface area contributed by atoms with Gasteiger partial charge in [0.25, 0.3) is 0 Å². The van der Waals surface area contributed by atoms with Crippen LogP contribution in [-0.2, 0) is 14.3 Å². The van der Waals surface area contributed by atoms with Gasteiger partial charge in [-0.2, -0.15) is 0 Å². The first kappa shape index (κ1) is 19.0. The lowest BCUT2D eigenvalue weighted by Gasteiger charge is -2.26. The summed E-state index contributed by atoms with van der Waals surface area (Å²) in [6.45, 7) is 4.45. The predicted molar refractivity (Wildman–Crippen MR) is 103 cm³/mol. The number of benzene rings is 2. The van der Waals surface area contributed by atoms with E-state index >= 15 is 0 Å². The summed E-state index contributed by atoms with van der Waals surface area (Å²) in [5, 5.41) is 2.89. The zero-order valence-electron chi connectivity index (χ0n) is 16.0. The fourth-order valence-corrected chi connectivity index (χ4v) is 3.72. The number of fused-ring (bicyclic) bond motifs is 1. The fraction of sp³-hybridized carbons (Fsp3) is 0.364. The Balaban J connectivity index is 1.79. The van der Waals surface area contributed by atoms with E-state index in [1.807, 2.05) is 56.3 Å². The molecule has 142 valence electrons. The van der Waals surface area contributed by atoms with Crippen LogP contribution in [0.2, 0.25) is 0 Å². The van der Waals surface area contributed by atoms with E-state index in [0.29, 0.717) is 13.0 Å². The van der Waals surface area contributed by atoms with E-state index in [2.05, 4.69) is 5.32 Å². The van der Waals surface area contributed by atoms with Gasteiger partial charge in [-0.05, 0) is 54.5 Å². The van der Waals surface area contributed by atoms with Crippen LogP contribution >= 0.6 is 0 Å². The molecule has 3 rings (SSSR count). The summed E-state index contributed by atoms with van der Waals surface area (Å²) in [6, 6.07) is 12.8. The molecule has 1 heterocycles. The second-order valence-corrected chi connectivity index (χ2v) is 6.91. The van der Waals surface area contributed by atoms with E-state index in [1.165, 1.54) is 7.11 Å². The van der Waals surface area contributed by atoms with Gasteiger partial charge in [-0.25, -0.2) is 4.79 Å².